The number of carbonyl (C=O) groups excluding carboxylic acids is 1. The van der Waals surface area contributed by atoms with E-state index in [9.17, 15) is 4.79 Å². The third-order valence-corrected chi connectivity index (χ3v) is 3.88. The zero-order valence-corrected chi connectivity index (χ0v) is 12.6. The SMILES string of the molecule is NC(=O)C(Nc1ccccc1Br)c1ccc2c(c1)OCO2. The minimum Gasteiger partial charge on any atom is -0.454 e. The maximum Gasteiger partial charge on any atom is 0.244 e. The monoisotopic (exact) mass is 348 g/mol. The maximum atomic E-state index is 11.8. The second-order valence-electron chi connectivity index (χ2n) is 4.57. The van der Waals surface area contributed by atoms with Crippen molar-refractivity contribution in [1.29, 1.82) is 0 Å². The van der Waals surface area contributed by atoms with Gasteiger partial charge in [-0.15, -0.1) is 0 Å². The van der Waals surface area contributed by atoms with E-state index in [0.29, 0.717) is 11.5 Å². The fourth-order valence-corrected chi connectivity index (χ4v) is 2.54. The van der Waals surface area contributed by atoms with E-state index < -0.39 is 11.9 Å². The first-order valence-electron chi connectivity index (χ1n) is 6.35. The number of ether oxygens (including phenoxy) is 2. The van der Waals surface area contributed by atoms with Crippen LogP contribution in [0.25, 0.3) is 0 Å². The van der Waals surface area contributed by atoms with Gasteiger partial charge in [-0.05, 0) is 45.8 Å². The summed E-state index contributed by atoms with van der Waals surface area (Å²) in [6.07, 6.45) is 0. The van der Waals surface area contributed by atoms with E-state index in [1.807, 2.05) is 24.3 Å². The van der Waals surface area contributed by atoms with Gasteiger partial charge in [0.05, 0.1) is 0 Å². The van der Waals surface area contributed by atoms with Crippen LogP contribution in [0.4, 0.5) is 5.69 Å². The largest absolute Gasteiger partial charge is 0.454 e. The standard InChI is InChI=1S/C15H13BrN2O3/c16-10-3-1-2-4-11(10)18-14(15(17)19)9-5-6-12-13(7-9)21-8-20-12/h1-7,14,18H,8H2,(H2,17,19). The summed E-state index contributed by atoms with van der Waals surface area (Å²) in [5.41, 5.74) is 7.04. The first-order chi connectivity index (χ1) is 10.1. The van der Waals surface area contributed by atoms with Gasteiger partial charge in [0.15, 0.2) is 11.5 Å². The lowest BCUT2D eigenvalue weighted by atomic mass is 10.1. The van der Waals surface area contributed by atoms with Gasteiger partial charge in [-0.2, -0.15) is 0 Å². The Balaban J connectivity index is 1.92. The Labute approximate surface area is 130 Å². The number of para-hydroxylation sites is 1. The summed E-state index contributed by atoms with van der Waals surface area (Å²) >= 11 is 3.44. The highest BCUT2D eigenvalue weighted by Crippen LogP contribution is 2.35. The number of anilines is 1. The average Bonchev–Trinajstić information content (AvgIpc) is 2.93. The van der Waals surface area contributed by atoms with Crippen LogP contribution in [0, 0.1) is 0 Å². The summed E-state index contributed by atoms with van der Waals surface area (Å²) in [6.45, 7) is 0.192. The van der Waals surface area contributed by atoms with E-state index in [1.165, 1.54) is 0 Å². The molecule has 1 unspecified atom stereocenters. The molecule has 1 atom stereocenters. The van der Waals surface area contributed by atoms with Gasteiger partial charge in [-0.3, -0.25) is 4.79 Å². The second-order valence-corrected chi connectivity index (χ2v) is 5.43. The Bertz CT molecular complexity index is 690. The lowest BCUT2D eigenvalue weighted by Crippen LogP contribution is -2.27. The summed E-state index contributed by atoms with van der Waals surface area (Å²) in [7, 11) is 0. The molecule has 0 radical (unpaired) electrons. The number of carbonyl (C=O) groups is 1. The summed E-state index contributed by atoms with van der Waals surface area (Å²) < 4.78 is 11.5. The topological polar surface area (TPSA) is 73.6 Å². The van der Waals surface area contributed by atoms with Crippen LogP contribution in [0.3, 0.4) is 0 Å². The minimum absolute atomic E-state index is 0.192. The zero-order valence-electron chi connectivity index (χ0n) is 11.0. The predicted octanol–water partition coefficient (Wildman–Crippen LogP) is 2.82. The van der Waals surface area contributed by atoms with Crippen molar-refractivity contribution < 1.29 is 14.3 Å². The Morgan fingerprint density at radius 3 is 2.71 bits per heavy atom. The van der Waals surface area contributed by atoms with E-state index in [2.05, 4.69) is 21.2 Å². The highest BCUT2D eigenvalue weighted by atomic mass is 79.9. The number of halogens is 1. The van der Waals surface area contributed by atoms with Crippen LogP contribution in [-0.2, 0) is 4.79 Å². The lowest BCUT2D eigenvalue weighted by Gasteiger charge is -2.18. The highest BCUT2D eigenvalue weighted by molar-refractivity contribution is 9.10. The molecule has 1 heterocycles. The van der Waals surface area contributed by atoms with Crippen LogP contribution in [0.15, 0.2) is 46.9 Å². The van der Waals surface area contributed by atoms with Crippen LogP contribution >= 0.6 is 15.9 Å². The van der Waals surface area contributed by atoms with Crippen LogP contribution in [0.2, 0.25) is 0 Å². The van der Waals surface area contributed by atoms with Gasteiger partial charge >= 0.3 is 0 Å². The van der Waals surface area contributed by atoms with Gasteiger partial charge in [0.2, 0.25) is 12.7 Å². The van der Waals surface area contributed by atoms with E-state index in [-0.39, 0.29) is 6.79 Å². The van der Waals surface area contributed by atoms with Crippen molar-refractivity contribution in [3.8, 4) is 11.5 Å². The third kappa shape index (κ3) is 2.80. The molecule has 2 aromatic rings. The molecule has 5 nitrogen and oxygen atoms in total. The predicted molar refractivity (Wildman–Crippen MR) is 82.3 cm³/mol. The number of fused-ring (bicyclic) bond motifs is 1. The minimum atomic E-state index is -0.654. The molecule has 2 aromatic carbocycles. The molecule has 0 aromatic heterocycles. The third-order valence-electron chi connectivity index (χ3n) is 3.19. The molecule has 1 amide bonds. The zero-order chi connectivity index (χ0) is 14.8. The van der Waals surface area contributed by atoms with Crippen molar-refractivity contribution in [3.63, 3.8) is 0 Å². The summed E-state index contributed by atoms with van der Waals surface area (Å²) in [4.78, 5) is 11.8. The summed E-state index contributed by atoms with van der Waals surface area (Å²) in [6, 6.07) is 12.2. The van der Waals surface area contributed by atoms with Crippen molar-refractivity contribution in [3.05, 3.63) is 52.5 Å². The Hall–Kier alpha value is -2.21. The number of amides is 1. The molecule has 0 saturated heterocycles. The normalized spacial score (nSPS) is 13.8. The molecule has 1 aliphatic heterocycles. The average molecular weight is 349 g/mol. The van der Waals surface area contributed by atoms with Gasteiger partial charge in [0, 0.05) is 10.2 Å². The number of rotatable bonds is 4. The van der Waals surface area contributed by atoms with E-state index in [4.69, 9.17) is 15.2 Å². The molecule has 1 aliphatic rings. The fraction of sp³-hybridized carbons (Fsp3) is 0.133. The van der Waals surface area contributed by atoms with Crippen LogP contribution < -0.4 is 20.5 Å². The second kappa shape index (κ2) is 5.65. The quantitative estimate of drug-likeness (QED) is 0.890. The first kappa shape index (κ1) is 13.8. The Morgan fingerprint density at radius 2 is 1.95 bits per heavy atom. The van der Waals surface area contributed by atoms with Gasteiger partial charge < -0.3 is 20.5 Å². The van der Waals surface area contributed by atoms with Crippen molar-refractivity contribution in [2.45, 2.75) is 6.04 Å². The van der Waals surface area contributed by atoms with E-state index in [0.717, 1.165) is 15.7 Å². The number of benzene rings is 2. The molecule has 108 valence electrons. The molecule has 0 aliphatic carbocycles. The number of primary amides is 1. The Morgan fingerprint density at radius 1 is 1.19 bits per heavy atom. The molecular formula is C15H13BrN2O3. The van der Waals surface area contributed by atoms with E-state index in [1.54, 1.807) is 18.2 Å². The van der Waals surface area contributed by atoms with Crippen molar-refractivity contribution in [1.82, 2.24) is 0 Å². The summed E-state index contributed by atoms with van der Waals surface area (Å²) in [5, 5.41) is 3.14. The molecule has 0 saturated carbocycles. The number of hydrogen-bond acceptors (Lipinski definition) is 4. The van der Waals surface area contributed by atoms with Gasteiger partial charge in [-0.1, -0.05) is 18.2 Å². The van der Waals surface area contributed by atoms with Crippen LogP contribution in [-0.4, -0.2) is 12.7 Å². The molecule has 3 N–H and O–H groups in total. The molecule has 0 fully saturated rings. The van der Waals surface area contributed by atoms with Crippen molar-refractivity contribution in [2.24, 2.45) is 5.73 Å². The smallest absolute Gasteiger partial charge is 0.244 e. The molecular weight excluding hydrogens is 336 g/mol. The Kier molecular flexibility index (Phi) is 3.70. The molecule has 6 heteroatoms. The fourth-order valence-electron chi connectivity index (χ4n) is 2.15. The van der Waals surface area contributed by atoms with Crippen LogP contribution in [0.1, 0.15) is 11.6 Å². The molecule has 3 rings (SSSR count). The molecule has 0 bridgehead atoms. The van der Waals surface area contributed by atoms with Gasteiger partial charge in [0.25, 0.3) is 0 Å². The van der Waals surface area contributed by atoms with Crippen molar-refractivity contribution >= 4 is 27.5 Å². The number of nitrogens with one attached hydrogen (secondary N) is 1. The van der Waals surface area contributed by atoms with E-state index >= 15 is 0 Å². The van der Waals surface area contributed by atoms with Crippen molar-refractivity contribution in [2.75, 3.05) is 12.1 Å². The summed E-state index contributed by atoms with van der Waals surface area (Å²) in [5.74, 6) is 0.820. The number of hydrogen-bond donors (Lipinski definition) is 2. The van der Waals surface area contributed by atoms with Gasteiger partial charge in [-0.25, -0.2) is 0 Å². The maximum absolute atomic E-state index is 11.8. The first-order valence-corrected chi connectivity index (χ1v) is 7.14. The lowest BCUT2D eigenvalue weighted by molar-refractivity contribution is -0.118. The number of nitrogens with two attached hydrogens (primary N) is 1. The van der Waals surface area contributed by atoms with Crippen LogP contribution in [0.5, 0.6) is 11.5 Å². The van der Waals surface area contributed by atoms with Gasteiger partial charge in [0.1, 0.15) is 6.04 Å². The molecule has 0 spiro atoms. The molecule has 21 heavy (non-hydrogen) atoms. The highest BCUT2D eigenvalue weighted by Gasteiger charge is 2.22.